The van der Waals surface area contributed by atoms with Crippen molar-refractivity contribution in [2.75, 3.05) is 40.1 Å². The number of hydrogen-bond donors (Lipinski definition) is 1. The van der Waals surface area contributed by atoms with Gasteiger partial charge in [-0.3, -0.25) is 0 Å². The second-order valence-electron chi connectivity index (χ2n) is 8.73. The summed E-state index contributed by atoms with van der Waals surface area (Å²) in [6, 6.07) is 15.5. The molecule has 0 amide bonds. The van der Waals surface area contributed by atoms with Crippen molar-refractivity contribution in [3.8, 4) is 34.5 Å². The van der Waals surface area contributed by atoms with Crippen molar-refractivity contribution < 1.29 is 43.1 Å². The largest absolute Gasteiger partial charge is 0.497 e. The maximum atomic E-state index is 13.4. The molecule has 0 spiro atoms. The number of rotatable bonds is 10. The molecule has 10 heteroatoms. The zero-order valence-corrected chi connectivity index (χ0v) is 23.2. The fourth-order valence-electron chi connectivity index (χ4n) is 4.69. The van der Waals surface area contributed by atoms with Gasteiger partial charge in [0.2, 0.25) is 12.5 Å². The summed E-state index contributed by atoms with van der Waals surface area (Å²) < 4.78 is 38.9. The van der Waals surface area contributed by atoms with Crippen LogP contribution in [0.5, 0.6) is 34.5 Å². The fourth-order valence-corrected chi connectivity index (χ4v) is 4.85. The van der Waals surface area contributed by atoms with E-state index in [2.05, 4.69) is 15.9 Å². The topological polar surface area (TPSA) is 102 Å². The highest BCUT2D eigenvalue weighted by molar-refractivity contribution is 9.09. The van der Waals surface area contributed by atoms with E-state index < -0.39 is 11.8 Å². The number of carbonyl (C=O) groups is 1. The van der Waals surface area contributed by atoms with E-state index in [4.69, 9.17) is 33.2 Å². The van der Waals surface area contributed by atoms with Crippen LogP contribution in [0, 0.1) is 0 Å². The predicted molar refractivity (Wildman–Crippen MR) is 145 cm³/mol. The molecular weight excluding hydrogens is 572 g/mol. The van der Waals surface area contributed by atoms with Crippen LogP contribution in [0.15, 0.2) is 60.2 Å². The van der Waals surface area contributed by atoms with Crippen LogP contribution in [0.2, 0.25) is 0 Å². The summed E-state index contributed by atoms with van der Waals surface area (Å²) in [5.41, 5.74) is 2.17. The summed E-state index contributed by atoms with van der Waals surface area (Å²) in [6.07, 6.45) is 0.128. The second kappa shape index (κ2) is 11.1. The average Bonchev–Trinajstić information content (AvgIpc) is 3.52. The van der Waals surface area contributed by atoms with Crippen LogP contribution in [-0.4, -0.2) is 51.1 Å². The molecule has 0 aromatic heterocycles. The van der Waals surface area contributed by atoms with E-state index in [1.54, 1.807) is 61.7 Å². The molecule has 0 fully saturated rings. The Bertz CT molecular complexity index is 1420. The van der Waals surface area contributed by atoms with Crippen LogP contribution in [0.4, 0.5) is 0 Å². The van der Waals surface area contributed by atoms with Gasteiger partial charge in [-0.15, -0.1) is 0 Å². The summed E-state index contributed by atoms with van der Waals surface area (Å²) >= 11 is 3.37. The zero-order chi connectivity index (χ0) is 27.6. The van der Waals surface area contributed by atoms with Crippen LogP contribution in [-0.2, 0) is 21.7 Å². The highest BCUT2D eigenvalue weighted by atomic mass is 79.9. The number of fused-ring (bicyclic) bond motifs is 1. The quantitative estimate of drug-likeness (QED) is 0.265. The van der Waals surface area contributed by atoms with E-state index in [-0.39, 0.29) is 18.8 Å². The fraction of sp³-hybridized carbons (Fsp3) is 0.276. The average molecular weight is 599 g/mol. The van der Waals surface area contributed by atoms with Crippen LogP contribution >= 0.6 is 15.9 Å². The van der Waals surface area contributed by atoms with Crippen molar-refractivity contribution in [3.63, 3.8) is 0 Å². The number of alkyl halides is 1. The Morgan fingerprint density at radius 3 is 2.36 bits per heavy atom. The van der Waals surface area contributed by atoms with Crippen molar-refractivity contribution in [1.82, 2.24) is 0 Å². The van der Waals surface area contributed by atoms with Crippen molar-refractivity contribution >= 4 is 27.5 Å². The summed E-state index contributed by atoms with van der Waals surface area (Å²) in [5, 5.41) is 12.6. The molecule has 0 bridgehead atoms. The van der Waals surface area contributed by atoms with Gasteiger partial charge in [-0.2, -0.15) is 0 Å². The molecule has 2 heterocycles. The highest BCUT2D eigenvalue weighted by Gasteiger charge is 2.48. The van der Waals surface area contributed by atoms with Crippen LogP contribution < -0.4 is 28.4 Å². The third kappa shape index (κ3) is 4.97. The minimum Gasteiger partial charge on any atom is -0.497 e. The smallest absolute Gasteiger partial charge is 0.342 e. The van der Waals surface area contributed by atoms with Gasteiger partial charge in [-0.25, -0.2) is 4.79 Å². The first-order valence-electron chi connectivity index (χ1n) is 12.1. The number of carbonyl (C=O) groups excluding carboxylic acids is 1. The number of esters is 1. The van der Waals surface area contributed by atoms with Gasteiger partial charge < -0.3 is 38.3 Å². The zero-order valence-electron chi connectivity index (χ0n) is 21.6. The first-order chi connectivity index (χ1) is 18.9. The predicted octanol–water partition coefficient (Wildman–Crippen LogP) is 4.61. The van der Waals surface area contributed by atoms with E-state index in [1.807, 2.05) is 0 Å². The first kappa shape index (κ1) is 26.7. The maximum Gasteiger partial charge on any atom is 0.342 e. The molecule has 39 heavy (non-hydrogen) atoms. The Morgan fingerprint density at radius 1 is 0.923 bits per heavy atom. The Kier molecular flexibility index (Phi) is 7.58. The Balaban J connectivity index is 1.67. The van der Waals surface area contributed by atoms with E-state index >= 15 is 0 Å². The van der Waals surface area contributed by atoms with Crippen molar-refractivity contribution in [1.29, 1.82) is 0 Å². The van der Waals surface area contributed by atoms with Gasteiger partial charge >= 0.3 is 5.97 Å². The van der Waals surface area contributed by atoms with Crippen molar-refractivity contribution in [2.45, 2.75) is 12.2 Å². The molecule has 2 aliphatic rings. The number of methoxy groups -OCH3 is 3. The molecule has 3 aromatic rings. The van der Waals surface area contributed by atoms with Crippen LogP contribution in [0.3, 0.4) is 0 Å². The normalized spacial score (nSPS) is 17.7. The number of benzene rings is 3. The lowest BCUT2D eigenvalue weighted by Gasteiger charge is -2.26. The van der Waals surface area contributed by atoms with Gasteiger partial charge in [-0.1, -0.05) is 22.0 Å². The maximum absolute atomic E-state index is 13.4. The van der Waals surface area contributed by atoms with Crippen LogP contribution in [0.25, 0.3) is 5.57 Å². The summed E-state index contributed by atoms with van der Waals surface area (Å²) in [6.45, 7) is 0.485. The summed E-state index contributed by atoms with van der Waals surface area (Å²) in [5.74, 6) is 0.322. The molecule has 204 valence electrons. The van der Waals surface area contributed by atoms with Gasteiger partial charge in [0.1, 0.15) is 5.75 Å². The number of ether oxygens (including phenoxy) is 7. The molecule has 0 saturated heterocycles. The Labute approximate surface area is 233 Å². The molecule has 9 nitrogen and oxygen atoms in total. The summed E-state index contributed by atoms with van der Waals surface area (Å²) in [7, 11) is 4.61. The molecule has 0 saturated carbocycles. The molecule has 1 unspecified atom stereocenters. The molecule has 0 radical (unpaired) electrons. The lowest BCUT2D eigenvalue weighted by molar-refractivity contribution is -0.185. The van der Waals surface area contributed by atoms with Gasteiger partial charge in [0.25, 0.3) is 5.79 Å². The van der Waals surface area contributed by atoms with E-state index in [0.717, 1.165) is 0 Å². The lowest BCUT2D eigenvalue weighted by Crippen LogP contribution is -2.29. The molecular formula is C29H27BrO9. The van der Waals surface area contributed by atoms with Gasteiger partial charge in [-0.05, 0) is 59.7 Å². The molecule has 0 aliphatic carbocycles. The van der Waals surface area contributed by atoms with E-state index in [9.17, 15) is 9.90 Å². The third-order valence-corrected chi connectivity index (χ3v) is 6.84. The minimum atomic E-state index is -2.04. The van der Waals surface area contributed by atoms with Crippen molar-refractivity contribution in [3.05, 3.63) is 76.9 Å². The molecule has 2 aliphatic heterocycles. The highest BCUT2D eigenvalue weighted by Crippen LogP contribution is 2.48. The molecule has 1 N–H and O–H groups in total. The number of cyclic esters (lactones) is 1. The van der Waals surface area contributed by atoms with Gasteiger partial charge in [0, 0.05) is 22.9 Å². The van der Waals surface area contributed by atoms with Gasteiger partial charge in [0.05, 0.1) is 33.5 Å². The first-order valence-corrected chi connectivity index (χ1v) is 13.2. The number of hydrogen-bond acceptors (Lipinski definition) is 9. The molecule has 3 aromatic carbocycles. The van der Waals surface area contributed by atoms with E-state index in [0.29, 0.717) is 68.7 Å². The lowest BCUT2D eigenvalue weighted by atomic mass is 9.88. The van der Waals surface area contributed by atoms with Gasteiger partial charge in [0.15, 0.2) is 23.0 Å². The van der Waals surface area contributed by atoms with Crippen molar-refractivity contribution in [2.24, 2.45) is 0 Å². The van der Waals surface area contributed by atoms with E-state index in [1.165, 1.54) is 14.2 Å². The molecule has 1 atom stereocenters. The Morgan fingerprint density at radius 2 is 1.67 bits per heavy atom. The third-order valence-electron chi connectivity index (χ3n) is 6.52. The standard InChI is InChI=1S/C29H27BrO9/c1-33-20-7-5-19(6-8-20)29(32)21(12-17-13-24(34-2)27(35-3)25(14-17)36-11-10-30)26(28(31)39-29)18-4-9-22-23(15-18)38-16-37-22/h4-9,13-15,32H,10-12,16H2,1-3H3. The second-order valence-corrected chi connectivity index (χ2v) is 9.52. The monoisotopic (exact) mass is 598 g/mol. The SMILES string of the molecule is COc1ccc(C2(O)OC(=O)C(c3ccc4c(c3)OCO4)=C2Cc2cc(OC)c(OC)c(OCCBr)c2)cc1. The van der Waals surface area contributed by atoms with Crippen LogP contribution in [0.1, 0.15) is 16.7 Å². The number of halogens is 1. The minimum absolute atomic E-state index is 0.0910. The Hall–Kier alpha value is -3.89. The number of aliphatic hydroxyl groups is 1. The summed E-state index contributed by atoms with van der Waals surface area (Å²) in [4.78, 5) is 13.4. The molecule has 5 rings (SSSR count).